The lowest BCUT2D eigenvalue weighted by Crippen LogP contribution is -2.30. The molecular weight excluding hydrogens is 238 g/mol. The third-order valence-corrected chi connectivity index (χ3v) is 4.08. The van der Waals surface area contributed by atoms with Crippen molar-refractivity contribution in [3.63, 3.8) is 0 Å². The summed E-state index contributed by atoms with van der Waals surface area (Å²) in [5.74, 6) is 0.717. The number of nitrogens with one attached hydrogen (secondary N) is 3. The van der Waals surface area contributed by atoms with E-state index in [1.807, 2.05) is 18.2 Å². The molecule has 1 aliphatic heterocycles. The minimum Gasteiger partial charge on any atom is -0.382 e. The zero-order valence-electron chi connectivity index (χ0n) is 11.2. The maximum Gasteiger partial charge on any atom is 0.253 e. The van der Waals surface area contributed by atoms with Crippen molar-refractivity contribution in [1.29, 1.82) is 0 Å². The summed E-state index contributed by atoms with van der Waals surface area (Å²) in [6.07, 6.45) is 5.14. The third-order valence-electron chi connectivity index (χ3n) is 4.08. The first-order valence-electron chi connectivity index (χ1n) is 7.23. The largest absolute Gasteiger partial charge is 0.382 e. The monoisotopic (exact) mass is 259 g/mol. The second-order valence-corrected chi connectivity index (χ2v) is 5.44. The molecule has 2 aliphatic rings. The van der Waals surface area contributed by atoms with Crippen molar-refractivity contribution in [1.82, 2.24) is 5.32 Å². The quantitative estimate of drug-likeness (QED) is 0.781. The van der Waals surface area contributed by atoms with Crippen LogP contribution >= 0.6 is 0 Å². The first-order valence-corrected chi connectivity index (χ1v) is 7.23. The number of rotatable bonds is 3. The molecular formula is C15H21N3O. The summed E-state index contributed by atoms with van der Waals surface area (Å²) >= 11 is 0. The highest BCUT2D eigenvalue weighted by Crippen LogP contribution is 2.28. The van der Waals surface area contributed by atoms with Gasteiger partial charge in [0.2, 0.25) is 0 Å². The Morgan fingerprint density at radius 2 is 2.00 bits per heavy atom. The second kappa shape index (κ2) is 5.51. The summed E-state index contributed by atoms with van der Waals surface area (Å²) in [4.78, 5) is 12.3. The highest BCUT2D eigenvalue weighted by Gasteiger charge is 2.19. The van der Waals surface area contributed by atoms with Gasteiger partial charge in [-0.2, -0.15) is 0 Å². The molecule has 0 aromatic heterocycles. The molecule has 4 heteroatoms. The Bertz CT molecular complexity index is 466. The number of hydrogen-bond acceptors (Lipinski definition) is 3. The first-order chi connectivity index (χ1) is 9.34. The smallest absolute Gasteiger partial charge is 0.253 e. The molecule has 0 unspecified atom stereocenters. The average Bonchev–Trinajstić information content (AvgIpc) is 2.97. The SMILES string of the molecule is O=C(NCC1CCCC1)c1cccc2c1NCCN2. The average molecular weight is 259 g/mol. The Morgan fingerprint density at radius 1 is 1.21 bits per heavy atom. The van der Waals surface area contributed by atoms with Gasteiger partial charge in [-0.25, -0.2) is 0 Å². The summed E-state index contributed by atoms with van der Waals surface area (Å²) in [5, 5.41) is 9.71. The molecule has 0 bridgehead atoms. The summed E-state index contributed by atoms with van der Waals surface area (Å²) in [7, 11) is 0. The Balaban J connectivity index is 1.68. The minimum absolute atomic E-state index is 0.0416. The van der Waals surface area contributed by atoms with Crippen LogP contribution in [0.3, 0.4) is 0 Å². The van der Waals surface area contributed by atoms with Gasteiger partial charge < -0.3 is 16.0 Å². The van der Waals surface area contributed by atoms with E-state index in [1.54, 1.807) is 0 Å². The fourth-order valence-corrected chi connectivity index (χ4v) is 3.01. The van der Waals surface area contributed by atoms with Crippen LogP contribution in [0.4, 0.5) is 11.4 Å². The molecule has 3 N–H and O–H groups in total. The molecule has 0 radical (unpaired) electrons. The number of benzene rings is 1. The van der Waals surface area contributed by atoms with Crippen LogP contribution in [0.25, 0.3) is 0 Å². The van der Waals surface area contributed by atoms with Crippen molar-refractivity contribution in [3.05, 3.63) is 23.8 Å². The van der Waals surface area contributed by atoms with Gasteiger partial charge in [0.05, 0.1) is 16.9 Å². The molecule has 1 amide bonds. The summed E-state index contributed by atoms with van der Waals surface area (Å²) in [6.45, 7) is 2.58. The zero-order chi connectivity index (χ0) is 13.1. The normalized spacial score (nSPS) is 18.3. The van der Waals surface area contributed by atoms with E-state index >= 15 is 0 Å². The zero-order valence-corrected chi connectivity index (χ0v) is 11.2. The van der Waals surface area contributed by atoms with E-state index in [0.29, 0.717) is 5.92 Å². The number of hydrogen-bond donors (Lipinski definition) is 3. The standard InChI is InChI=1S/C15H21N3O/c19-15(18-10-11-4-1-2-5-11)12-6-3-7-13-14(12)17-9-8-16-13/h3,6-7,11,16-17H,1-2,4-5,8-10H2,(H,18,19). The molecule has 1 fully saturated rings. The lowest BCUT2D eigenvalue weighted by Gasteiger charge is -2.22. The fraction of sp³-hybridized carbons (Fsp3) is 0.533. The maximum atomic E-state index is 12.3. The molecule has 3 rings (SSSR count). The molecule has 0 saturated heterocycles. The maximum absolute atomic E-state index is 12.3. The predicted octanol–water partition coefficient (Wildman–Crippen LogP) is 2.44. The number of carbonyl (C=O) groups is 1. The van der Waals surface area contributed by atoms with Gasteiger partial charge in [-0.15, -0.1) is 0 Å². The molecule has 0 atom stereocenters. The molecule has 1 saturated carbocycles. The van der Waals surface area contributed by atoms with Crippen LogP contribution in [0, 0.1) is 5.92 Å². The van der Waals surface area contributed by atoms with Gasteiger partial charge in [-0.1, -0.05) is 18.9 Å². The number of fused-ring (bicyclic) bond motifs is 1. The van der Waals surface area contributed by atoms with E-state index in [4.69, 9.17) is 0 Å². The first kappa shape index (κ1) is 12.3. The van der Waals surface area contributed by atoms with Crippen molar-refractivity contribution in [2.24, 2.45) is 5.92 Å². The molecule has 102 valence electrons. The van der Waals surface area contributed by atoms with Crippen LogP contribution in [-0.4, -0.2) is 25.5 Å². The van der Waals surface area contributed by atoms with Gasteiger partial charge in [0.1, 0.15) is 0 Å². The van der Waals surface area contributed by atoms with Gasteiger partial charge in [-0.3, -0.25) is 4.79 Å². The van der Waals surface area contributed by atoms with Gasteiger partial charge >= 0.3 is 0 Å². The van der Waals surface area contributed by atoms with Gasteiger partial charge in [0, 0.05) is 19.6 Å². The number of anilines is 2. The topological polar surface area (TPSA) is 53.2 Å². The van der Waals surface area contributed by atoms with Gasteiger partial charge in [0.25, 0.3) is 5.91 Å². The van der Waals surface area contributed by atoms with Gasteiger partial charge in [-0.05, 0) is 30.9 Å². The van der Waals surface area contributed by atoms with Crippen LogP contribution in [-0.2, 0) is 0 Å². The van der Waals surface area contributed by atoms with Gasteiger partial charge in [0.15, 0.2) is 0 Å². The van der Waals surface area contributed by atoms with Crippen LogP contribution in [0.15, 0.2) is 18.2 Å². The number of para-hydroxylation sites is 1. The Hall–Kier alpha value is -1.71. The molecule has 19 heavy (non-hydrogen) atoms. The van der Waals surface area contributed by atoms with Crippen molar-refractivity contribution in [2.45, 2.75) is 25.7 Å². The Kier molecular flexibility index (Phi) is 3.58. The number of amides is 1. The Labute approximate surface area is 114 Å². The molecule has 1 aromatic carbocycles. The van der Waals surface area contributed by atoms with E-state index in [0.717, 1.165) is 36.6 Å². The van der Waals surface area contributed by atoms with Crippen molar-refractivity contribution in [2.75, 3.05) is 30.3 Å². The van der Waals surface area contributed by atoms with Crippen molar-refractivity contribution >= 4 is 17.3 Å². The summed E-state index contributed by atoms with van der Waals surface area (Å²) in [5.41, 5.74) is 2.72. The van der Waals surface area contributed by atoms with E-state index in [1.165, 1.54) is 25.7 Å². The van der Waals surface area contributed by atoms with Crippen LogP contribution in [0.2, 0.25) is 0 Å². The molecule has 1 aliphatic carbocycles. The van der Waals surface area contributed by atoms with Crippen LogP contribution in [0.1, 0.15) is 36.0 Å². The molecule has 4 nitrogen and oxygen atoms in total. The molecule has 0 spiro atoms. The highest BCUT2D eigenvalue weighted by atomic mass is 16.1. The van der Waals surface area contributed by atoms with E-state index in [2.05, 4.69) is 16.0 Å². The van der Waals surface area contributed by atoms with Crippen LogP contribution in [0.5, 0.6) is 0 Å². The molecule has 1 aromatic rings. The second-order valence-electron chi connectivity index (χ2n) is 5.44. The van der Waals surface area contributed by atoms with E-state index in [9.17, 15) is 4.79 Å². The van der Waals surface area contributed by atoms with Crippen molar-refractivity contribution in [3.8, 4) is 0 Å². The lowest BCUT2D eigenvalue weighted by atomic mass is 10.1. The summed E-state index contributed by atoms with van der Waals surface area (Å²) < 4.78 is 0. The number of carbonyl (C=O) groups excluding carboxylic acids is 1. The predicted molar refractivity (Wildman–Crippen MR) is 77.7 cm³/mol. The minimum atomic E-state index is 0.0416. The van der Waals surface area contributed by atoms with Crippen molar-refractivity contribution < 1.29 is 4.79 Å². The molecule has 1 heterocycles. The highest BCUT2D eigenvalue weighted by molar-refractivity contribution is 6.02. The van der Waals surface area contributed by atoms with E-state index < -0.39 is 0 Å². The van der Waals surface area contributed by atoms with Crippen LogP contribution < -0.4 is 16.0 Å². The van der Waals surface area contributed by atoms with E-state index in [-0.39, 0.29) is 5.91 Å². The fourth-order valence-electron chi connectivity index (χ4n) is 3.01. The Morgan fingerprint density at radius 3 is 2.84 bits per heavy atom. The lowest BCUT2D eigenvalue weighted by molar-refractivity contribution is 0.0948. The summed E-state index contributed by atoms with van der Waals surface area (Å²) in [6, 6.07) is 5.83. The third kappa shape index (κ3) is 2.67.